The van der Waals surface area contributed by atoms with Gasteiger partial charge in [0.25, 0.3) is 0 Å². The van der Waals surface area contributed by atoms with Gasteiger partial charge in [0, 0.05) is 6.54 Å². The van der Waals surface area contributed by atoms with E-state index in [0.717, 1.165) is 18.2 Å². The molecule has 1 fully saturated rings. The van der Waals surface area contributed by atoms with E-state index in [1.807, 2.05) is 7.05 Å². The summed E-state index contributed by atoms with van der Waals surface area (Å²) in [6.07, 6.45) is 2.64. The van der Waals surface area contributed by atoms with Gasteiger partial charge in [0.05, 0.1) is 7.11 Å². The van der Waals surface area contributed by atoms with Crippen molar-refractivity contribution in [3.05, 3.63) is 29.3 Å². The molecule has 0 saturated heterocycles. The van der Waals surface area contributed by atoms with Gasteiger partial charge in [0.2, 0.25) is 0 Å². The van der Waals surface area contributed by atoms with E-state index in [9.17, 15) is 0 Å². The highest BCUT2D eigenvalue weighted by atomic mass is 16.5. The molecule has 0 aliphatic heterocycles. The highest BCUT2D eigenvalue weighted by Crippen LogP contribution is 2.44. The van der Waals surface area contributed by atoms with Gasteiger partial charge in [0.1, 0.15) is 5.75 Å². The topological polar surface area (TPSA) is 21.3 Å². The van der Waals surface area contributed by atoms with Gasteiger partial charge < -0.3 is 10.1 Å². The number of hydrogen-bond donors (Lipinski definition) is 1. The number of methoxy groups -OCH3 is 1. The van der Waals surface area contributed by atoms with E-state index in [1.54, 1.807) is 7.11 Å². The van der Waals surface area contributed by atoms with Crippen molar-refractivity contribution in [1.29, 1.82) is 0 Å². The zero-order valence-corrected chi connectivity index (χ0v) is 8.84. The lowest BCUT2D eigenvalue weighted by Gasteiger charge is -2.09. The summed E-state index contributed by atoms with van der Waals surface area (Å²) in [5.74, 6) is 1.81. The minimum Gasteiger partial charge on any atom is -0.496 e. The smallest absolute Gasteiger partial charge is 0.122 e. The first-order valence-corrected chi connectivity index (χ1v) is 5.16. The Morgan fingerprint density at radius 1 is 1.43 bits per heavy atom. The Morgan fingerprint density at radius 2 is 2.21 bits per heavy atom. The van der Waals surface area contributed by atoms with Crippen LogP contribution in [0.2, 0.25) is 0 Å². The summed E-state index contributed by atoms with van der Waals surface area (Å²) in [6, 6.07) is 6.54. The average Bonchev–Trinajstić information content (AvgIpc) is 3.02. The van der Waals surface area contributed by atoms with Crippen LogP contribution in [-0.4, -0.2) is 14.2 Å². The average molecular weight is 191 g/mol. The summed E-state index contributed by atoms with van der Waals surface area (Å²) >= 11 is 0. The summed E-state index contributed by atoms with van der Waals surface area (Å²) < 4.78 is 5.41. The van der Waals surface area contributed by atoms with Crippen LogP contribution >= 0.6 is 0 Å². The van der Waals surface area contributed by atoms with Gasteiger partial charge in [-0.2, -0.15) is 0 Å². The largest absolute Gasteiger partial charge is 0.496 e. The lowest BCUT2D eigenvalue weighted by Crippen LogP contribution is -2.05. The van der Waals surface area contributed by atoms with Crippen LogP contribution in [0.4, 0.5) is 0 Å². The molecule has 1 aromatic carbocycles. The molecule has 1 aliphatic carbocycles. The molecule has 0 unspecified atom stereocenters. The van der Waals surface area contributed by atoms with E-state index in [-0.39, 0.29) is 0 Å². The van der Waals surface area contributed by atoms with Crippen LogP contribution in [0.25, 0.3) is 0 Å². The predicted molar refractivity (Wildman–Crippen MR) is 57.7 cm³/mol. The van der Waals surface area contributed by atoms with Crippen molar-refractivity contribution in [1.82, 2.24) is 5.32 Å². The second-order valence-electron chi connectivity index (χ2n) is 3.88. The van der Waals surface area contributed by atoms with Gasteiger partial charge in [-0.25, -0.2) is 0 Å². The highest BCUT2D eigenvalue weighted by molar-refractivity contribution is 5.41. The van der Waals surface area contributed by atoms with E-state index >= 15 is 0 Å². The predicted octanol–water partition coefficient (Wildman–Crippen LogP) is 2.29. The molecule has 0 heterocycles. The maximum absolute atomic E-state index is 5.41. The summed E-state index contributed by atoms with van der Waals surface area (Å²) in [5.41, 5.74) is 2.67. The number of ether oxygens (including phenoxy) is 1. The van der Waals surface area contributed by atoms with Gasteiger partial charge in [0.15, 0.2) is 0 Å². The van der Waals surface area contributed by atoms with Crippen molar-refractivity contribution in [2.24, 2.45) is 0 Å². The Morgan fingerprint density at radius 3 is 2.79 bits per heavy atom. The molecule has 1 aliphatic rings. The summed E-state index contributed by atoms with van der Waals surface area (Å²) in [4.78, 5) is 0. The standard InChI is InChI=1S/C12H17NO/c1-13-8-9-3-6-11(10-4-5-10)12(7-9)14-2/h3,6-7,10,13H,4-5,8H2,1-2H3. The fourth-order valence-electron chi connectivity index (χ4n) is 1.80. The molecular weight excluding hydrogens is 174 g/mol. The van der Waals surface area contributed by atoms with Gasteiger partial charge >= 0.3 is 0 Å². The third-order valence-corrected chi connectivity index (χ3v) is 2.70. The first-order chi connectivity index (χ1) is 6.85. The molecule has 0 spiro atoms. The lowest BCUT2D eigenvalue weighted by atomic mass is 10.1. The van der Waals surface area contributed by atoms with E-state index in [1.165, 1.54) is 24.0 Å². The highest BCUT2D eigenvalue weighted by Gasteiger charge is 2.26. The summed E-state index contributed by atoms with van der Waals surface area (Å²) in [7, 11) is 3.71. The molecule has 1 aromatic rings. The van der Waals surface area contributed by atoms with E-state index < -0.39 is 0 Å². The quantitative estimate of drug-likeness (QED) is 0.788. The Kier molecular flexibility index (Phi) is 2.73. The van der Waals surface area contributed by atoms with Crippen molar-refractivity contribution < 1.29 is 4.74 Å². The Labute approximate surface area is 85.3 Å². The number of hydrogen-bond acceptors (Lipinski definition) is 2. The Balaban J connectivity index is 2.24. The first kappa shape index (κ1) is 9.53. The van der Waals surface area contributed by atoms with Crippen molar-refractivity contribution >= 4 is 0 Å². The Bertz CT molecular complexity index is 318. The van der Waals surface area contributed by atoms with Crippen molar-refractivity contribution in [2.75, 3.05) is 14.2 Å². The minimum absolute atomic E-state index is 0.758. The number of nitrogens with one attached hydrogen (secondary N) is 1. The van der Waals surface area contributed by atoms with Crippen LogP contribution in [0.5, 0.6) is 5.75 Å². The number of benzene rings is 1. The monoisotopic (exact) mass is 191 g/mol. The number of rotatable bonds is 4. The zero-order valence-electron chi connectivity index (χ0n) is 8.84. The Hall–Kier alpha value is -1.02. The maximum atomic E-state index is 5.41. The summed E-state index contributed by atoms with van der Waals surface area (Å²) in [6.45, 7) is 0.904. The second-order valence-corrected chi connectivity index (χ2v) is 3.88. The van der Waals surface area contributed by atoms with Crippen LogP contribution in [-0.2, 0) is 6.54 Å². The van der Waals surface area contributed by atoms with E-state index in [4.69, 9.17) is 4.74 Å². The van der Waals surface area contributed by atoms with Crippen molar-refractivity contribution in [3.63, 3.8) is 0 Å². The van der Waals surface area contributed by atoms with Gasteiger partial charge in [-0.05, 0) is 43.0 Å². The maximum Gasteiger partial charge on any atom is 0.122 e. The van der Waals surface area contributed by atoms with E-state index in [0.29, 0.717) is 0 Å². The molecule has 0 aromatic heterocycles. The molecule has 14 heavy (non-hydrogen) atoms. The van der Waals surface area contributed by atoms with Crippen LogP contribution < -0.4 is 10.1 Å². The van der Waals surface area contributed by atoms with Crippen LogP contribution in [0, 0.1) is 0 Å². The molecule has 0 atom stereocenters. The normalized spacial score (nSPS) is 15.6. The van der Waals surface area contributed by atoms with Gasteiger partial charge in [-0.15, -0.1) is 0 Å². The SMILES string of the molecule is CNCc1ccc(C2CC2)c(OC)c1. The van der Waals surface area contributed by atoms with Crippen molar-refractivity contribution in [2.45, 2.75) is 25.3 Å². The molecule has 76 valence electrons. The molecule has 0 bridgehead atoms. The zero-order chi connectivity index (χ0) is 9.97. The summed E-state index contributed by atoms with van der Waals surface area (Å²) in [5, 5.41) is 3.14. The van der Waals surface area contributed by atoms with Crippen LogP contribution in [0.3, 0.4) is 0 Å². The molecule has 1 N–H and O–H groups in total. The lowest BCUT2D eigenvalue weighted by molar-refractivity contribution is 0.409. The van der Waals surface area contributed by atoms with Crippen LogP contribution in [0.1, 0.15) is 29.9 Å². The molecule has 2 rings (SSSR count). The third kappa shape index (κ3) is 1.90. The fraction of sp³-hybridized carbons (Fsp3) is 0.500. The molecule has 2 heteroatoms. The molecule has 0 radical (unpaired) electrons. The minimum atomic E-state index is 0.758. The second kappa shape index (κ2) is 4.01. The van der Waals surface area contributed by atoms with Crippen molar-refractivity contribution in [3.8, 4) is 5.75 Å². The first-order valence-electron chi connectivity index (χ1n) is 5.16. The fourth-order valence-corrected chi connectivity index (χ4v) is 1.80. The molecule has 1 saturated carbocycles. The third-order valence-electron chi connectivity index (χ3n) is 2.70. The van der Waals surface area contributed by atoms with Gasteiger partial charge in [-0.1, -0.05) is 12.1 Å². The molecule has 2 nitrogen and oxygen atoms in total. The van der Waals surface area contributed by atoms with E-state index in [2.05, 4.69) is 23.5 Å². The molecular formula is C12H17NO. The molecule has 0 amide bonds. The van der Waals surface area contributed by atoms with Crippen LogP contribution in [0.15, 0.2) is 18.2 Å². The van der Waals surface area contributed by atoms with Gasteiger partial charge in [-0.3, -0.25) is 0 Å².